The first-order chi connectivity index (χ1) is 9.97. The number of aryl methyl sites for hydroxylation is 1. The lowest BCUT2D eigenvalue weighted by Crippen LogP contribution is -2.15. The molecule has 1 aromatic heterocycles. The van der Waals surface area contributed by atoms with Gasteiger partial charge in [-0.3, -0.25) is 14.6 Å². The summed E-state index contributed by atoms with van der Waals surface area (Å²) in [6, 6.07) is 6.40. The highest BCUT2D eigenvalue weighted by atomic mass is 19.1. The lowest BCUT2D eigenvalue weighted by atomic mass is 10.1. The van der Waals surface area contributed by atoms with Crippen LogP contribution in [0.5, 0.6) is 0 Å². The number of benzene rings is 1. The van der Waals surface area contributed by atoms with Crippen LogP contribution in [0, 0.1) is 12.7 Å². The summed E-state index contributed by atoms with van der Waals surface area (Å²) < 4.78 is 13.5. The lowest BCUT2D eigenvalue weighted by Gasteiger charge is -2.11. The Morgan fingerprint density at radius 2 is 1.95 bits per heavy atom. The summed E-state index contributed by atoms with van der Waals surface area (Å²) in [5.41, 5.74) is 1.77. The normalized spacial score (nSPS) is 10.0. The molecule has 0 aliphatic heterocycles. The highest BCUT2D eigenvalue weighted by Gasteiger charge is 2.13. The molecule has 6 heteroatoms. The Labute approximate surface area is 121 Å². The predicted octanol–water partition coefficient (Wildman–Crippen LogP) is 2.74. The zero-order chi connectivity index (χ0) is 15.4. The van der Waals surface area contributed by atoms with E-state index in [2.05, 4.69) is 15.6 Å². The second kappa shape index (κ2) is 6.13. The first kappa shape index (κ1) is 14.6. The minimum Gasteiger partial charge on any atom is -0.326 e. The van der Waals surface area contributed by atoms with Crippen LogP contribution >= 0.6 is 0 Å². The van der Waals surface area contributed by atoms with Crippen LogP contribution in [0.15, 0.2) is 36.7 Å². The monoisotopic (exact) mass is 287 g/mol. The molecule has 2 aromatic rings. The third-order valence-corrected chi connectivity index (χ3v) is 2.82. The molecule has 0 atom stereocenters. The summed E-state index contributed by atoms with van der Waals surface area (Å²) in [6.07, 6.45) is 2.33. The molecule has 0 unspecified atom stereocenters. The highest BCUT2D eigenvalue weighted by Crippen LogP contribution is 2.21. The van der Waals surface area contributed by atoms with Crippen LogP contribution in [0.4, 0.5) is 15.8 Å². The lowest BCUT2D eigenvalue weighted by molar-refractivity contribution is -0.114. The molecule has 108 valence electrons. The fourth-order valence-corrected chi connectivity index (χ4v) is 1.79. The number of carbonyl (C=O) groups is 2. The van der Waals surface area contributed by atoms with Crippen molar-refractivity contribution in [3.63, 3.8) is 0 Å². The van der Waals surface area contributed by atoms with E-state index >= 15 is 0 Å². The summed E-state index contributed by atoms with van der Waals surface area (Å²) in [5.74, 6) is -1.47. The fourth-order valence-electron chi connectivity index (χ4n) is 1.79. The van der Waals surface area contributed by atoms with Crippen LogP contribution in [0.25, 0.3) is 0 Å². The molecule has 1 heterocycles. The average molecular weight is 287 g/mol. The molecule has 0 saturated heterocycles. The maximum Gasteiger partial charge on any atom is 0.258 e. The van der Waals surface area contributed by atoms with Crippen molar-refractivity contribution in [2.24, 2.45) is 0 Å². The third-order valence-electron chi connectivity index (χ3n) is 2.82. The van der Waals surface area contributed by atoms with Gasteiger partial charge < -0.3 is 10.6 Å². The van der Waals surface area contributed by atoms with Crippen LogP contribution in [0.1, 0.15) is 22.8 Å². The molecule has 21 heavy (non-hydrogen) atoms. The van der Waals surface area contributed by atoms with E-state index in [1.807, 2.05) is 0 Å². The number of aromatic nitrogens is 1. The second-order valence-corrected chi connectivity index (χ2v) is 4.52. The molecule has 2 rings (SSSR count). The number of pyridine rings is 1. The van der Waals surface area contributed by atoms with Crippen LogP contribution in [0.3, 0.4) is 0 Å². The Morgan fingerprint density at radius 3 is 2.62 bits per heavy atom. The quantitative estimate of drug-likeness (QED) is 0.911. The molecule has 0 saturated carbocycles. The standard InChI is InChI=1S/C15H14FN3O2/c1-9-3-4-11(18-10(2)20)7-14(9)19-15(21)12-5-6-17-8-13(12)16/h3-8H,1-2H3,(H,18,20)(H,19,21). The van der Waals surface area contributed by atoms with E-state index in [9.17, 15) is 14.0 Å². The van der Waals surface area contributed by atoms with Gasteiger partial charge >= 0.3 is 0 Å². The Morgan fingerprint density at radius 1 is 1.19 bits per heavy atom. The third kappa shape index (κ3) is 3.62. The summed E-state index contributed by atoms with van der Waals surface area (Å²) in [4.78, 5) is 26.7. The van der Waals surface area contributed by atoms with Crippen molar-refractivity contribution in [3.05, 3.63) is 53.6 Å². The maximum absolute atomic E-state index is 13.5. The van der Waals surface area contributed by atoms with E-state index in [1.165, 1.54) is 19.2 Å². The van der Waals surface area contributed by atoms with Gasteiger partial charge in [0.15, 0.2) is 5.82 Å². The number of nitrogens with one attached hydrogen (secondary N) is 2. The van der Waals surface area contributed by atoms with E-state index in [0.29, 0.717) is 11.4 Å². The first-order valence-corrected chi connectivity index (χ1v) is 6.26. The SMILES string of the molecule is CC(=O)Nc1ccc(C)c(NC(=O)c2ccncc2F)c1. The van der Waals surface area contributed by atoms with E-state index in [4.69, 9.17) is 0 Å². The molecule has 0 spiro atoms. The van der Waals surface area contributed by atoms with Gasteiger partial charge in [-0.25, -0.2) is 4.39 Å². The summed E-state index contributed by atoms with van der Waals surface area (Å²) in [7, 11) is 0. The van der Waals surface area contributed by atoms with Crippen molar-refractivity contribution in [3.8, 4) is 0 Å². The molecule has 2 amide bonds. The van der Waals surface area contributed by atoms with Crippen LogP contribution in [-0.4, -0.2) is 16.8 Å². The number of carbonyl (C=O) groups excluding carboxylic acids is 2. The molecule has 0 bridgehead atoms. The van der Waals surface area contributed by atoms with Gasteiger partial charge in [-0.2, -0.15) is 0 Å². The van der Waals surface area contributed by atoms with Gasteiger partial charge in [0.2, 0.25) is 5.91 Å². The minimum atomic E-state index is -0.689. The van der Waals surface area contributed by atoms with Crippen LogP contribution in [0.2, 0.25) is 0 Å². The molecular formula is C15H14FN3O2. The molecule has 0 fully saturated rings. The van der Waals surface area contributed by atoms with Crippen LogP contribution < -0.4 is 10.6 Å². The second-order valence-electron chi connectivity index (χ2n) is 4.52. The van der Waals surface area contributed by atoms with Gasteiger partial charge in [0, 0.05) is 24.5 Å². The van der Waals surface area contributed by atoms with Gasteiger partial charge in [-0.05, 0) is 30.7 Å². The number of amides is 2. The Hall–Kier alpha value is -2.76. The van der Waals surface area contributed by atoms with Crippen molar-refractivity contribution in [1.82, 2.24) is 4.98 Å². The van der Waals surface area contributed by atoms with Gasteiger partial charge in [-0.15, -0.1) is 0 Å². The maximum atomic E-state index is 13.5. The number of hydrogen-bond acceptors (Lipinski definition) is 3. The van der Waals surface area contributed by atoms with Crippen molar-refractivity contribution in [1.29, 1.82) is 0 Å². The number of halogens is 1. The Kier molecular flexibility index (Phi) is 4.27. The minimum absolute atomic E-state index is 0.0886. The summed E-state index contributed by atoms with van der Waals surface area (Å²) in [5, 5.41) is 5.25. The molecule has 0 aliphatic carbocycles. The number of anilines is 2. The van der Waals surface area contributed by atoms with E-state index in [-0.39, 0.29) is 11.5 Å². The first-order valence-electron chi connectivity index (χ1n) is 6.26. The Balaban J connectivity index is 2.24. The zero-order valence-electron chi connectivity index (χ0n) is 11.6. The van der Waals surface area contributed by atoms with Crippen molar-refractivity contribution in [2.75, 3.05) is 10.6 Å². The van der Waals surface area contributed by atoms with Crippen molar-refractivity contribution < 1.29 is 14.0 Å². The summed E-state index contributed by atoms with van der Waals surface area (Å²) in [6.45, 7) is 3.19. The topological polar surface area (TPSA) is 71.1 Å². The molecule has 2 N–H and O–H groups in total. The molecule has 0 aliphatic rings. The zero-order valence-corrected chi connectivity index (χ0v) is 11.6. The number of hydrogen-bond donors (Lipinski definition) is 2. The molecule has 5 nitrogen and oxygen atoms in total. The molecule has 1 aromatic carbocycles. The molecular weight excluding hydrogens is 273 g/mol. The van der Waals surface area contributed by atoms with Gasteiger partial charge in [0.1, 0.15) is 0 Å². The molecule has 0 radical (unpaired) electrons. The largest absolute Gasteiger partial charge is 0.326 e. The Bertz CT molecular complexity index is 701. The average Bonchev–Trinajstić information content (AvgIpc) is 2.42. The van der Waals surface area contributed by atoms with E-state index < -0.39 is 11.7 Å². The van der Waals surface area contributed by atoms with E-state index in [1.54, 1.807) is 25.1 Å². The predicted molar refractivity (Wildman–Crippen MR) is 77.6 cm³/mol. The number of rotatable bonds is 3. The summed E-state index contributed by atoms with van der Waals surface area (Å²) >= 11 is 0. The van der Waals surface area contributed by atoms with Gasteiger partial charge in [0.25, 0.3) is 5.91 Å². The van der Waals surface area contributed by atoms with Gasteiger partial charge in [-0.1, -0.05) is 6.07 Å². The van der Waals surface area contributed by atoms with Crippen molar-refractivity contribution >= 4 is 23.2 Å². The number of nitrogens with zero attached hydrogens (tertiary/aromatic N) is 1. The van der Waals surface area contributed by atoms with E-state index in [0.717, 1.165) is 11.8 Å². The highest BCUT2D eigenvalue weighted by molar-refractivity contribution is 6.05. The smallest absolute Gasteiger partial charge is 0.258 e. The van der Waals surface area contributed by atoms with Crippen molar-refractivity contribution in [2.45, 2.75) is 13.8 Å². The van der Waals surface area contributed by atoms with Gasteiger partial charge in [0.05, 0.1) is 11.8 Å². The van der Waals surface area contributed by atoms with Crippen LogP contribution in [-0.2, 0) is 4.79 Å². The fraction of sp³-hybridized carbons (Fsp3) is 0.133.